The van der Waals surface area contributed by atoms with Gasteiger partial charge < -0.3 is 15.8 Å². The maximum Gasteiger partial charge on any atom is 0.419 e. The molecule has 3 N–H and O–H groups in total. The molecule has 0 aromatic heterocycles. The van der Waals surface area contributed by atoms with E-state index in [9.17, 15) is 18.0 Å². The summed E-state index contributed by atoms with van der Waals surface area (Å²) in [6.07, 6.45) is -3.27. The lowest BCUT2D eigenvalue weighted by molar-refractivity contribution is -0.139. The van der Waals surface area contributed by atoms with E-state index in [4.69, 9.17) is 10.5 Å². The number of nitrogens with one attached hydrogen (secondary N) is 1. The van der Waals surface area contributed by atoms with Gasteiger partial charge in [-0.2, -0.15) is 13.2 Å². The highest BCUT2D eigenvalue weighted by atomic mass is 35.5. The normalized spacial score (nSPS) is 11.6. The first-order chi connectivity index (χ1) is 10.8. The highest BCUT2D eigenvalue weighted by Crippen LogP contribution is 2.35. The van der Waals surface area contributed by atoms with Crippen LogP contribution >= 0.6 is 12.4 Å². The van der Waals surface area contributed by atoms with Crippen LogP contribution in [0.5, 0.6) is 5.75 Å². The topological polar surface area (TPSA) is 64.4 Å². The van der Waals surface area contributed by atoms with Crippen molar-refractivity contribution in [3.8, 4) is 5.75 Å². The third kappa shape index (κ3) is 5.56. The standard InChI is InChI=1S/C16H23F3N2O2.ClH/c1-3-15(4-2,11-20)14(22)21-9-10-23-13-8-6-5-7-12(13)16(17,18)19;/h5-8H,3-4,9-11,20H2,1-2H3,(H,21,22);1H. The average Bonchev–Trinajstić information content (AvgIpc) is 2.53. The van der Waals surface area contributed by atoms with Crippen molar-refractivity contribution in [2.24, 2.45) is 11.1 Å². The predicted octanol–water partition coefficient (Wildman–Crippen LogP) is 3.39. The molecule has 0 fully saturated rings. The second-order valence-corrected chi connectivity index (χ2v) is 5.29. The molecule has 0 bridgehead atoms. The minimum absolute atomic E-state index is 0. The minimum atomic E-state index is -4.47. The van der Waals surface area contributed by atoms with E-state index in [2.05, 4.69) is 5.32 Å². The molecular weight excluding hydrogens is 345 g/mol. The van der Waals surface area contributed by atoms with Crippen LogP contribution in [0.25, 0.3) is 0 Å². The van der Waals surface area contributed by atoms with Crippen LogP contribution in [0.4, 0.5) is 13.2 Å². The Morgan fingerprint density at radius 2 is 1.79 bits per heavy atom. The van der Waals surface area contributed by atoms with E-state index in [1.165, 1.54) is 18.2 Å². The quantitative estimate of drug-likeness (QED) is 0.691. The summed E-state index contributed by atoms with van der Waals surface area (Å²) in [4.78, 5) is 12.2. The highest BCUT2D eigenvalue weighted by molar-refractivity contribution is 5.85. The number of carbonyl (C=O) groups is 1. The third-order valence-electron chi connectivity index (χ3n) is 4.06. The Balaban J connectivity index is 0.00000529. The monoisotopic (exact) mass is 368 g/mol. The number of amides is 1. The Morgan fingerprint density at radius 1 is 1.21 bits per heavy atom. The molecule has 0 saturated heterocycles. The Kier molecular flexibility index (Phi) is 9.14. The number of para-hydroxylation sites is 1. The predicted molar refractivity (Wildman–Crippen MR) is 89.3 cm³/mol. The molecule has 138 valence electrons. The van der Waals surface area contributed by atoms with E-state index in [0.29, 0.717) is 12.8 Å². The molecule has 1 rings (SSSR count). The fraction of sp³-hybridized carbons (Fsp3) is 0.562. The van der Waals surface area contributed by atoms with Gasteiger partial charge in [0, 0.05) is 6.54 Å². The molecule has 0 aliphatic heterocycles. The number of nitrogens with two attached hydrogens (primary N) is 1. The minimum Gasteiger partial charge on any atom is -0.491 e. The fourth-order valence-corrected chi connectivity index (χ4v) is 2.29. The number of halogens is 4. The SMILES string of the molecule is CCC(CC)(CN)C(=O)NCCOc1ccccc1C(F)(F)F.Cl. The van der Waals surface area contributed by atoms with Gasteiger partial charge >= 0.3 is 6.18 Å². The summed E-state index contributed by atoms with van der Waals surface area (Å²) in [5.41, 5.74) is 4.21. The average molecular weight is 369 g/mol. The lowest BCUT2D eigenvalue weighted by Crippen LogP contribution is -2.46. The zero-order valence-electron chi connectivity index (χ0n) is 13.8. The van der Waals surface area contributed by atoms with E-state index in [1.807, 2.05) is 13.8 Å². The summed E-state index contributed by atoms with van der Waals surface area (Å²) in [6, 6.07) is 4.99. The second-order valence-electron chi connectivity index (χ2n) is 5.29. The van der Waals surface area contributed by atoms with Crippen LogP contribution in [0, 0.1) is 5.41 Å². The van der Waals surface area contributed by atoms with Gasteiger partial charge in [0.15, 0.2) is 0 Å². The molecule has 4 nitrogen and oxygen atoms in total. The first-order valence-corrected chi connectivity index (χ1v) is 7.58. The van der Waals surface area contributed by atoms with Gasteiger partial charge in [-0.15, -0.1) is 12.4 Å². The molecule has 0 unspecified atom stereocenters. The number of carbonyl (C=O) groups excluding carboxylic acids is 1. The van der Waals surface area contributed by atoms with E-state index in [-0.39, 0.29) is 43.8 Å². The smallest absolute Gasteiger partial charge is 0.419 e. The summed E-state index contributed by atoms with van der Waals surface area (Å²) in [5, 5.41) is 2.68. The lowest BCUT2D eigenvalue weighted by Gasteiger charge is -2.28. The van der Waals surface area contributed by atoms with Gasteiger partial charge in [-0.05, 0) is 25.0 Å². The summed E-state index contributed by atoms with van der Waals surface area (Å²) in [7, 11) is 0. The molecule has 0 aliphatic rings. The van der Waals surface area contributed by atoms with Crippen molar-refractivity contribution in [3.05, 3.63) is 29.8 Å². The van der Waals surface area contributed by atoms with Crippen molar-refractivity contribution in [2.45, 2.75) is 32.9 Å². The zero-order chi connectivity index (χ0) is 17.5. The number of hydrogen-bond donors (Lipinski definition) is 2. The molecule has 0 saturated carbocycles. The Hall–Kier alpha value is -1.47. The molecular formula is C16H24ClF3N2O2. The summed E-state index contributed by atoms with van der Waals surface area (Å²) < 4.78 is 43.6. The van der Waals surface area contributed by atoms with Gasteiger partial charge in [-0.3, -0.25) is 4.79 Å². The van der Waals surface area contributed by atoms with Crippen molar-refractivity contribution >= 4 is 18.3 Å². The van der Waals surface area contributed by atoms with Gasteiger partial charge in [0.25, 0.3) is 0 Å². The Morgan fingerprint density at radius 3 is 2.29 bits per heavy atom. The molecule has 0 atom stereocenters. The number of hydrogen-bond acceptors (Lipinski definition) is 3. The van der Waals surface area contributed by atoms with Crippen LogP contribution in [-0.2, 0) is 11.0 Å². The molecule has 8 heteroatoms. The number of ether oxygens (including phenoxy) is 1. The number of benzene rings is 1. The van der Waals surface area contributed by atoms with Gasteiger partial charge in [0.05, 0.1) is 17.5 Å². The van der Waals surface area contributed by atoms with Crippen molar-refractivity contribution in [1.29, 1.82) is 0 Å². The van der Waals surface area contributed by atoms with E-state index >= 15 is 0 Å². The van der Waals surface area contributed by atoms with E-state index in [1.54, 1.807) is 0 Å². The molecule has 0 aliphatic carbocycles. The molecule has 0 spiro atoms. The number of rotatable bonds is 8. The lowest BCUT2D eigenvalue weighted by atomic mass is 9.81. The fourth-order valence-electron chi connectivity index (χ4n) is 2.29. The maximum absolute atomic E-state index is 12.8. The van der Waals surface area contributed by atoms with Crippen molar-refractivity contribution in [2.75, 3.05) is 19.7 Å². The number of alkyl halides is 3. The Labute approximate surface area is 146 Å². The van der Waals surface area contributed by atoms with Crippen molar-refractivity contribution < 1.29 is 22.7 Å². The highest BCUT2D eigenvalue weighted by Gasteiger charge is 2.34. The van der Waals surface area contributed by atoms with Crippen molar-refractivity contribution in [3.63, 3.8) is 0 Å². The van der Waals surface area contributed by atoms with Crippen LogP contribution < -0.4 is 15.8 Å². The zero-order valence-corrected chi connectivity index (χ0v) is 14.6. The van der Waals surface area contributed by atoms with E-state index < -0.39 is 17.2 Å². The summed E-state index contributed by atoms with van der Waals surface area (Å²) >= 11 is 0. The van der Waals surface area contributed by atoms with Gasteiger partial charge in [0.1, 0.15) is 12.4 Å². The Bertz CT molecular complexity index is 512. The van der Waals surface area contributed by atoms with Crippen molar-refractivity contribution in [1.82, 2.24) is 5.32 Å². The first kappa shape index (κ1) is 22.5. The van der Waals surface area contributed by atoms with Crippen LogP contribution in [-0.4, -0.2) is 25.6 Å². The first-order valence-electron chi connectivity index (χ1n) is 7.58. The largest absolute Gasteiger partial charge is 0.491 e. The molecule has 0 heterocycles. The molecule has 0 radical (unpaired) electrons. The van der Waals surface area contributed by atoms with Gasteiger partial charge in [-0.1, -0.05) is 26.0 Å². The second kappa shape index (κ2) is 9.74. The summed E-state index contributed by atoms with van der Waals surface area (Å²) in [5.74, 6) is -0.442. The van der Waals surface area contributed by atoms with Crippen LogP contribution in [0.2, 0.25) is 0 Å². The summed E-state index contributed by atoms with van der Waals surface area (Å²) in [6.45, 7) is 4.06. The van der Waals surface area contributed by atoms with Crippen LogP contribution in [0.15, 0.2) is 24.3 Å². The molecule has 1 aromatic carbocycles. The molecule has 1 aromatic rings. The van der Waals surface area contributed by atoms with Crippen LogP contribution in [0.3, 0.4) is 0 Å². The van der Waals surface area contributed by atoms with Gasteiger partial charge in [-0.25, -0.2) is 0 Å². The van der Waals surface area contributed by atoms with Gasteiger partial charge in [0.2, 0.25) is 5.91 Å². The molecule has 24 heavy (non-hydrogen) atoms. The van der Waals surface area contributed by atoms with E-state index in [0.717, 1.165) is 6.07 Å². The van der Waals surface area contributed by atoms with Crippen LogP contribution in [0.1, 0.15) is 32.3 Å². The molecule has 1 amide bonds. The third-order valence-corrected chi connectivity index (χ3v) is 4.06. The maximum atomic E-state index is 12.8.